The highest BCUT2D eigenvalue weighted by Crippen LogP contribution is 2.13. The summed E-state index contributed by atoms with van der Waals surface area (Å²) < 4.78 is 38.6. The van der Waals surface area contributed by atoms with E-state index in [1.165, 1.54) is 6.07 Å². The van der Waals surface area contributed by atoms with Crippen LogP contribution >= 0.6 is 0 Å². The van der Waals surface area contributed by atoms with E-state index in [9.17, 15) is 13.2 Å². The van der Waals surface area contributed by atoms with Gasteiger partial charge < -0.3 is 21.4 Å². The van der Waals surface area contributed by atoms with Gasteiger partial charge in [0.25, 0.3) is 5.92 Å². The second kappa shape index (κ2) is 6.39. The van der Waals surface area contributed by atoms with E-state index in [0.717, 1.165) is 12.1 Å². The van der Waals surface area contributed by atoms with E-state index in [4.69, 9.17) is 16.0 Å². The molecule has 0 aliphatic carbocycles. The molecule has 0 atom stereocenters. The summed E-state index contributed by atoms with van der Waals surface area (Å²) in [6.45, 7) is -2.05. The number of oxime groups is 1. The maximum absolute atomic E-state index is 13.0. The molecule has 5 N–H and O–H groups in total. The summed E-state index contributed by atoms with van der Waals surface area (Å²) in [6.07, 6.45) is 0. The van der Waals surface area contributed by atoms with Crippen molar-refractivity contribution in [2.45, 2.75) is 12.5 Å². The van der Waals surface area contributed by atoms with Crippen LogP contribution in [0.15, 0.2) is 23.4 Å². The molecule has 1 aromatic carbocycles. The van der Waals surface area contributed by atoms with Gasteiger partial charge in [-0.25, -0.2) is 13.2 Å². The second-order valence-electron chi connectivity index (χ2n) is 3.90. The number of hydrogen-bond donors (Lipinski definition) is 4. The molecule has 1 rings (SSSR count). The van der Waals surface area contributed by atoms with Gasteiger partial charge in [0.05, 0.1) is 6.54 Å². The number of nitrogens with one attached hydrogen (secondary N) is 1. The molecule has 0 unspecified atom stereocenters. The van der Waals surface area contributed by atoms with Gasteiger partial charge in [-0.15, -0.1) is 0 Å². The summed E-state index contributed by atoms with van der Waals surface area (Å²) in [5, 5.41) is 22.1. The molecule has 5 nitrogen and oxygen atoms in total. The van der Waals surface area contributed by atoms with Gasteiger partial charge in [-0.2, -0.15) is 0 Å². The number of benzene rings is 1. The predicted octanol–water partition coefficient (Wildman–Crippen LogP) is 0.637. The van der Waals surface area contributed by atoms with Crippen LogP contribution in [0, 0.1) is 5.82 Å². The summed E-state index contributed by atoms with van der Waals surface area (Å²) in [5.74, 6) is -4.15. The molecule has 0 radical (unpaired) electrons. The first-order valence-electron chi connectivity index (χ1n) is 5.35. The van der Waals surface area contributed by atoms with E-state index in [1.54, 1.807) is 0 Å². The van der Waals surface area contributed by atoms with E-state index in [1.807, 2.05) is 0 Å². The lowest BCUT2D eigenvalue weighted by Crippen LogP contribution is -2.35. The Morgan fingerprint density at radius 1 is 1.42 bits per heavy atom. The molecule has 0 bridgehead atoms. The molecule has 0 aliphatic heterocycles. The van der Waals surface area contributed by atoms with Gasteiger partial charge in [0, 0.05) is 12.1 Å². The van der Waals surface area contributed by atoms with Crippen molar-refractivity contribution in [1.29, 1.82) is 0 Å². The Hall–Kier alpha value is -1.80. The SMILES string of the molecule is N/C(=N/O)c1cc(F)ccc1CNCC(F)(F)CO. The average molecular weight is 277 g/mol. The number of aliphatic hydroxyl groups is 1. The molecule has 19 heavy (non-hydrogen) atoms. The molecule has 106 valence electrons. The Morgan fingerprint density at radius 2 is 2.11 bits per heavy atom. The smallest absolute Gasteiger partial charge is 0.282 e. The minimum absolute atomic E-state index is 0.0403. The summed E-state index contributed by atoms with van der Waals surface area (Å²) in [5.41, 5.74) is 5.87. The first kappa shape index (κ1) is 15.3. The Labute approximate surface area is 107 Å². The second-order valence-corrected chi connectivity index (χ2v) is 3.90. The quantitative estimate of drug-likeness (QED) is 0.266. The lowest BCUT2D eigenvalue weighted by Gasteiger charge is -2.15. The van der Waals surface area contributed by atoms with Crippen LogP contribution in [0.1, 0.15) is 11.1 Å². The average Bonchev–Trinajstić information content (AvgIpc) is 2.39. The first-order chi connectivity index (χ1) is 8.89. The molecule has 0 heterocycles. The number of alkyl halides is 2. The Morgan fingerprint density at radius 3 is 2.68 bits per heavy atom. The Kier molecular flexibility index (Phi) is 5.13. The third-order valence-corrected chi connectivity index (χ3v) is 2.39. The van der Waals surface area contributed by atoms with Gasteiger partial charge in [-0.1, -0.05) is 11.2 Å². The van der Waals surface area contributed by atoms with Gasteiger partial charge in [0.1, 0.15) is 12.4 Å². The fourth-order valence-electron chi connectivity index (χ4n) is 1.43. The van der Waals surface area contributed by atoms with Crippen molar-refractivity contribution in [2.75, 3.05) is 13.2 Å². The van der Waals surface area contributed by atoms with Crippen LogP contribution in [-0.2, 0) is 6.54 Å². The van der Waals surface area contributed by atoms with E-state index in [-0.39, 0.29) is 17.9 Å². The zero-order valence-corrected chi connectivity index (χ0v) is 9.91. The third-order valence-electron chi connectivity index (χ3n) is 2.39. The number of hydrogen-bond acceptors (Lipinski definition) is 4. The minimum Gasteiger partial charge on any atom is -0.409 e. The van der Waals surface area contributed by atoms with Crippen LogP contribution in [0.25, 0.3) is 0 Å². The fourth-order valence-corrected chi connectivity index (χ4v) is 1.43. The van der Waals surface area contributed by atoms with Crippen LogP contribution in [0.3, 0.4) is 0 Å². The third kappa shape index (κ3) is 4.42. The topological polar surface area (TPSA) is 90.9 Å². The number of aliphatic hydroxyl groups excluding tert-OH is 1. The van der Waals surface area contributed by atoms with Gasteiger partial charge >= 0.3 is 0 Å². The van der Waals surface area contributed by atoms with Crippen molar-refractivity contribution in [2.24, 2.45) is 10.9 Å². The highest BCUT2D eigenvalue weighted by atomic mass is 19.3. The van der Waals surface area contributed by atoms with Gasteiger partial charge in [0.15, 0.2) is 5.84 Å². The van der Waals surface area contributed by atoms with Crippen LogP contribution in [-0.4, -0.2) is 35.2 Å². The highest BCUT2D eigenvalue weighted by molar-refractivity contribution is 5.98. The van der Waals surface area contributed by atoms with Gasteiger partial charge in [0.2, 0.25) is 0 Å². The molecule has 8 heteroatoms. The normalized spacial score (nSPS) is 12.7. The largest absolute Gasteiger partial charge is 0.409 e. The van der Waals surface area contributed by atoms with Crippen LogP contribution in [0.4, 0.5) is 13.2 Å². The summed E-state index contributed by atoms with van der Waals surface area (Å²) in [6, 6.07) is 3.51. The lowest BCUT2D eigenvalue weighted by molar-refractivity contribution is -0.0477. The maximum Gasteiger partial charge on any atom is 0.282 e. The molecule has 0 fully saturated rings. The number of nitrogens with two attached hydrogens (primary N) is 1. The zero-order chi connectivity index (χ0) is 14.5. The van der Waals surface area contributed by atoms with Crippen LogP contribution in [0.2, 0.25) is 0 Å². The Bertz CT molecular complexity index is 466. The fraction of sp³-hybridized carbons (Fsp3) is 0.364. The van der Waals surface area contributed by atoms with Crippen LogP contribution < -0.4 is 11.1 Å². The predicted molar refractivity (Wildman–Crippen MR) is 62.7 cm³/mol. The highest BCUT2D eigenvalue weighted by Gasteiger charge is 2.26. The zero-order valence-electron chi connectivity index (χ0n) is 9.91. The molecule has 0 aliphatic rings. The van der Waals surface area contributed by atoms with Crippen molar-refractivity contribution < 1.29 is 23.5 Å². The maximum atomic E-state index is 13.0. The number of nitrogens with zero attached hydrogens (tertiary/aromatic N) is 1. The molecule has 0 saturated carbocycles. The summed E-state index contributed by atoms with van der Waals surface area (Å²) >= 11 is 0. The molecule has 0 amide bonds. The van der Waals surface area contributed by atoms with Gasteiger partial charge in [-0.05, 0) is 17.7 Å². The van der Waals surface area contributed by atoms with Crippen molar-refractivity contribution in [3.05, 3.63) is 35.1 Å². The standard InChI is InChI=1S/C11H14F3N3O2/c12-8-2-1-7(9(3-8)10(15)17-19)4-16-5-11(13,14)6-18/h1-3,16,18-19H,4-6H2,(H2,15,17). The van der Waals surface area contributed by atoms with E-state index >= 15 is 0 Å². The molecular weight excluding hydrogens is 263 g/mol. The van der Waals surface area contributed by atoms with E-state index in [2.05, 4.69) is 10.5 Å². The lowest BCUT2D eigenvalue weighted by atomic mass is 10.1. The Balaban J connectivity index is 2.79. The van der Waals surface area contributed by atoms with Gasteiger partial charge in [-0.3, -0.25) is 0 Å². The van der Waals surface area contributed by atoms with E-state index < -0.39 is 24.9 Å². The van der Waals surface area contributed by atoms with Crippen molar-refractivity contribution in [3.63, 3.8) is 0 Å². The number of rotatable bonds is 6. The molecule has 1 aromatic rings. The molecule has 0 saturated heterocycles. The molecular formula is C11H14F3N3O2. The monoisotopic (exact) mass is 277 g/mol. The summed E-state index contributed by atoms with van der Waals surface area (Å²) in [4.78, 5) is 0. The molecule has 0 aromatic heterocycles. The molecule has 0 spiro atoms. The summed E-state index contributed by atoms with van der Waals surface area (Å²) in [7, 11) is 0. The van der Waals surface area contributed by atoms with E-state index in [0.29, 0.717) is 5.56 Å². The first-order valence-corrected chi connectivity index (χ1v) is 5.35. The number of halogens is 3. The minimum atomic E-state index is -3.24. The van der Waals surface area contributed by atoms with Crippen molar-refractivity contribution >= 4 is 5.84 Å². The van der Waals surface area contributed by atoms with Crippen molar-refractivity contribution in [1.82, 2.24) is 5.32 Å². The number of amidine groups is 1. The van der Waals surface area contributed by atoms with Crippen molar-refractivity contribution in [3.8, 4) is 0 Å². The van der Waals surface area contributed by atoms with Crippen LogP contribution in [0.5, 0.6) is 0 Å².